The molecule has 2 N–H and O–H groups in total. The van der Waals surface area contributed by atoms with Crippen LogP contribution in [0, 0.1) is 21.8 Å². The van der Waals surface area contributed by atoms with E-state index in [0.29, 0.717) is 12.1 Å². The third kappa shape index (κ3) is 4.46. The Morgan fingerprint density at radius 3 is 2.67 bits per heavy atom. The summed E-state index contributed by atoms with van der Waals surface area (Å²) in [6.45, 7) is 1.26. The number of sulfonamides is 1. The van der Waals surface area contributed by atoms with Crippen molar-refractivity contribution in [1.29, 1.82) is 0 Å². The van der Waals surface area contributed by atoms with E-state index in [1.165, 1.54) is 6.92 Å². The molecule has 0 aliphatic carbocycles. The van der Waals surface area contributed by atoms with E-state index < -0.39 is 43.2 Å². The summed E-state index contributed by atoms with van der Waals surface area (Å²) in [6.07, 6.45) is 0.0534. The summed E-state index contributed by atoms with van der Waals surface area (Å²) >= 11 is 0. The first-order chi connectivity index (χ1) is 9.65. The molecule has 0 aromatic heterocycles. The largest absolute Gasteiger partial charge is 0.481 e. The van der Waals surface area contributed by atoms with Crippen molar-refractivity contribution in [3.8, 4) is 0 Å². The number of nitro benzene ring substituents is 1. The van der Waals surface area contributed by atoms with Crippen molar-refractivity contribution in [3.63, 3.8) is 0 Å². The lowest BCUT2D eigenvalue weighted by atomic mass is 10.1. The zero-order valence-electron chi connectivity index (χ0n) is 10.9. The van der Waals surface area contributed by atoms with Crippen molar-refractivity contribution < 1.29 is 27.6 Å². The topological polar surface area (TPSA) is 127 Å². The fourth-order valence-electron chi connectivity index (χ4n) is 1.42. The molecular weight excluding hydrogens is 307 g/mol. The molecule has 0 radical (unpaired) electrons. The van der Waals surface area contributed by atoms with Gasteiger partial charge in [-0.25, -0.2) is 13.1 Å². The Hall–Kier alpha value is -2.07. The van der Waals surface area contributed by atoms with Crippen molar-refractivity contribution in [2.75, 3.05) is 6.54 Å². The third-order valence-corrected chi connectivity index (χ3v) is 4.17. The SMILES string of the molecule is CC(CCNS(=O)(=O)c1ccc(F)c([N+](=O)[O-])c1)C(=O)O. The molecular formula is C11H13FN2O6S. The first-order valence-corrected chi connectivity index (χ1v) is 7.30. The Labute approximate surface area is 119 Å². The highest BCUT2D eigenvalue weighted by atomic mass is 32.2. The molecule has 8 nitrogen and oxygen atoms in total. The lowest BCUT2D eigenvalue weighted by Gasteiger charge is -2.09. The molecule has 0 bridgehead atoms. The van der Waals surface area contributed by atoms with E-state index in [2.05, 4.69) is 4.72 Å². The summed E-state index contributed by atoms with van der Waals surface area (Å²) in [5.74, 6) is -2.94. The number of hydrogen-bond acceptors (Lipinski definition) is 5. The van der Waals surface area contributed by atoms with Crippen LogP contribution in [0.15, 0.2) is 23.1 Å². The van der Waals surface area contributed by atoms with E-state index in [4.69, 9.17) is 5.11 Å². The van der Waals surface area contributed by atoms with Gasteiger partial charge in [-0.2, -0.15) is 4.39 Å². The molecule has 0 saturated carbocycles. The molecule has 0 amide bonds. The smallest absolute Gasteiger partial charge is 0.306 e. The fraction of sp³-hybridized carbons (Fsp3) is 0.364. The lowest BCUT2D eigenvalue weighted by Crippen LogP contribution is -2.27. The van der Waals surface area contributed by atoms with Gasteiger partial charge in [-0.1, -0.05) is 6.92 Å². The quantitative estimate of drug-likeness (QED) is 0.572. The van der Waals surface area contributed by atoms with Crippen LogP contribution >= 0.6 is 0 Å². The van der Waals surface area contributed by atoms with Gasteiger partial charge in [0, 0.05) is 12.6 Å². The van der Waals surface area contributed by atoms with E-state index in [0.717, 1.165) is 6.07 Å². The van der Waals surface area contributed by atoms with Gasteiger partial charge in [0.05, 0.1) is 15.7 Å². The molecule has 116 valence electrons. The Morgan fingerprint density at radius 1 is 1.52 bits per heavy atom. The zero-order valence-corrected chi connectivity index (χ0v) is 11.8. The average Bonchev–Trinajstić information content (AvgIpc) is 2.38. The molecule has 0 aliphatic heterocycles. The minimum absolute atomic E-state index is 0.0534. The van der Waals surface area contributed by atoms with Crippen molar-refractivity contribution in [1.82, 2.24) is 4.72 Å². The Bertz CT molecular complexity index is 661. The van der Waals surface area contributed by atoms with Crippen LogP contribution in [0.5, 0.6) is 0 Å². The van der Waals surface area contributed by atoms with Crippen molar-refractivity contribution in [3.05, 3.63) is 34.1 Å². The molecule has 1 atom stereocenters. The van der Waals surface area contributed by atoms with Crippen LogP contribution in [0.4, 0.5) is 10.1 Å². The highest BCUT2D eigenvalue weighted by molar-refractivity contribution is 7.89. The van der Waals surface area contributed by atoms with E-state index >= 15 is 0 Å². The number of carbonyl (C=O) groups is 1. The molecule has 10 heteroatoms. The van der Waals surface area contributed by atoms with Crippen molar-refractivity contribution in [2.45, 2.75) is 18.2 Å². The molecule has 0 heterocycles. The second kappa shape index (κ2) is 6.59. The van der Waals surface area contributed by atoms with Gasteiger partial charge in [0.15, 0.2) is 0 Å². The zero-order chi connectivity index (χ0) is 16.2. The van der Waals surface area contributed by atoms with Gasteiger partial charge in [0.1, 0.15) is 0 Å². The van der Waals surface area contributed by atoms with Crippen LogP contribution in [0.2, 0.25) is 0 Å². The molecule has 1 aromatic carbocycles. The number of rotatable bonds is 7. The average molecular weight is 320 g/mol. The van der Waals surface area contributed by atoms with Crippen LogP contribution < -0.4 is 4.72 Å². The standard InChI is InChI=1S/C11H13FN2O6S/c1-7(11(15)16)4-5-13-21(19,20)8-2-3-9(12)10(6-8)14(17)18/h2-3,6-7,13H,4-5H2,1H3,(H,15,16). The van der Waals surface area contributed by atoms with E-state index in [1.54, 1.807) is 0 Å². The van der Waals surface area contributed by atoms with Gasteiger partial charge < -0.3 is 5.11 Å². The monoisotopic (exact) mass is 320 g/mol. The first-order valence-electron chi connectivity index (χ1n) is 5.81. The van der Waals surface area contributed by atoms with Gasteiger partial charge in [-0.05, 0) is 18.6 Å². The van der Waals surface area contributed by atoms with Gasteiger partial charge in [0.25, 0.3) is 0 Å². The molecule has 21 heavy (non-hydrogen) atoms. The number of nitro groups is 1. The summed E-state index contributed by atoms with van der Waals surface area (Å²) < 4.78 is 39.0. The van der Waals surface area contributed by atoms with Crippen LogP contribution in [0.25, 0.3) is 0 Å². The number of benzene rings is 1. The number of nitrogens with one attached hydrogen (secondary N) is 1. The van der Waals surface area contributed by atoms with Crippen LogP contribution in [-0.4, -0.2) is 31.0 Å². The summed E-state index contributed by atoms with van der Waals surface area (Å²) in [5.41, 5.74) is -0.947. The van der Waals surface area contributed by atoms with Crippen LogP contribution in [0.3, 0.4) is 0 Å². The number of nitrogens with zero attached hydrogens (tertiary/aromatic N) is 1. The first kappa shape index (κ1) is 17.0. The van der Waals surface area contributed by atoms with Gasteiger partial charge in [0.2, 0.25) is 15.8 Å². The predicted octanol–water partition coefficient (Wildman–Crippen LogP) is 1.12. The van der Waals surface area contributed by atoms with Gasteiger partial charge in [-0.3, -0.25) is 14.9 Å². The number of aliphatic carboxylic acids is 1. The highest BCUT2D eigenvalue weighted by Gasteiger charge is 2.21. The summed E-state index contributed by atoms with van der Waals surface area (Å²) in [4.78, 5) is 19.7. The maximum Gasteiger partial charge on any atom is 0.306 e. The van der Waals surface area contributed by atoms with Gasteiger partial charge in [-0.15, -0.1) is 0 Å². The van der Waals surface area contributed by atoms with Crippen LogP contribution in [-0.2, 0) is 14.8 Å². The van der Waals surface area contributed by atoms with Crippen molar-refractivity contribution in [2.24, 2.45) is 5.92 Å². The Morgan fingerprint density at radius 2 is 2.14 bits per heavy atom. The number of hydrogen-bond donors (Lipinski definition) is 2. The molecule has 0 aliphatic rings. The molecule has 1 unspecified atom stereocenters. The molecule has 0 spiro atoms. The van der Waals surface area contributed by atoms with Crippen molar-refractivity contribution >= 4 is 21.7 Å². The van der Waals surface area contributed by atoms with E-state index in [1.807, 2.05) is 0 Å². The molecule has 0 saturated heterocycles. The maximum atomic E-state index is 13.1. The minimum atomic E-state index is -4.07. The number of carboxylic acid groups (broad SMARTS) is 1. The summed E-state index contributed by atoms with van der Waals surface area (Å²) in [7, 11) is -4.07. The van der Waals surface area contributed by atoms with Crippen LogP contribution in [0.1, 0.15) is 13.3 Å². The molecule has 0 fully saturated rings. The van der Waals surface area contributed by atoms with E-state index in [9.17, 15) is 27.7 Å². The Balaban J connectivity index is 2.86. The number of halogens is 1. The minimum Gasteiger partial charge on any atom is -0.481 e. The van der Waals surface area contributed by atoms with Gasteiger partial charge >= 0.3 is 11.7 Å². The van der Waals surface area contributed by atoms with E-state index in [-0.39, 0.29) is 13.0 Å². The second-order valence-electron chi connectivity index (χ2n) is 4.30. The fourth-order valence-corrected chi connectivity index (χ4v) is 2.48. The lowest BCUT2D eigenvalue weighted by molar-refractivity contribution is -0.387. The molecule has 1 aromatic rings. The molecule has 1 rings (SSSR count). The highest BCUT2D eigenvalue weighted by Crippen LogP contribution is 2.21. The normalized spacial score (nSPS) is 12.9. The number of carboxylic acids is 1. The third-order valence-electron chi connectivity index (χ3n) is 2.72. The second-order valence-corrected chi connectivity index (χ2v) is 6.06. The summed E-state index contributed by atoms with van der Waals surface area (Å²) in [6, 6.07) is 2.19. The Kier molecular flexibility index (Phi) is 5.33. The maximum absolute atomic E-state index is 13.1. The summed E-state index contributed by atoms with van der Waals surface area (Å²) in [5, 5.41) is 19.2. The predicted molar refractivity (Wildman–Crippen MR) is 69.7 cm³/mol.